The molecule has 1 N–H and O–H groups in total. The summed E-state index contributed by atoms with van der Waals surface area (Å²) in [7, 11) is 1.70. The number of Topliss-reactive ketones (excluding diaryl/α,β-unsaturated/α-hetero) is 1. The molecule has 10 heavy (non-hydrogen) atoms. The zero-order valence-electron chi connectivity index (χ0n) is 6.69. The second-order valence-electron chi connectivity index (χ2n) is 2.21. The van der Waals surface area contributed by atoms with E-state index in [0.717, 1.165) is 0 Å². The van der Waals surface area contributed by atoms with E-state index in [1.165, 1.54) is 6.92 Å². The second-order valence-corrected chi connectivity index (χ2v) is 2.21. The van der Waals surface area contributed by atoms with Gasteiger partial charge in [0, 0.05) is 0 Å². The highest BCUT2D eigenvalue weighted by Gasteiger charge is 2.28. The van der Waals surface area contributed by atoms with Crippen molar-refractivity contribution in [3.05, 3.63) is 0 Å². The van der Waals surface area contributed by atoms with E-state index in [-0.39, 0.29) is 5.78 Å². The smallest absolute Gasteiger partial charge is 0.162 e. The molecule has 0 aromatic heterocycles. The van der Waals surface area contributed by atoms with Gasteiger partial charge in [0.2, 0.25) is 0 Å². The Morgan fingerprint density at radius 2 is 2.30 bits per heavy atom. The molecule has 56 valence electrons. The molecule has 0 aromatic rings. The first-order chi connectivity index (χ1) is 4.63. The van der Waals surface area contributed by atoms with Gasteiger partial charge in [-0.15, -0.1) is 6.42 Å². The lowest BCUT2D eigenvalue weighted by molar-refractivity contribution is -0.121. The maximum atomic E-state index is 11.0. The first kappa shape index (κ1) is 9.19. The summed E-state index contributed by atoms with van der Waals surface area (Å²) in [5.74, 6) is 2.45. The van der Waals surface area contributed by atoms with Crippen LogP contribution < -0.4 is 5.32 Å². The molecule has 0 fully saturated rings. The van der Waals surface area contributed by atoms with E-state index >= 15 is 0 Å². The second kappa shape index (κ2) is 3.38. The number of hydrogen-bond donors (Lipinski definition) is 1. The Labute approximate surface area is 62.0 Å². The first-order valence-electron chi connectivity index (χ1n) is 3.30. The number of terminal acetylenes is 1. The van der Waals surface area contributed by atoms with Crippen LogP contribution in [0.2, 0.25) is 0 Å². The number of hydrogen-bond acceptors (Lipinski definition) is 2. The quantitative estimate of drug-likeness (QED) is 0.579. The molecule has 0 rings (SSSR count). The molecule has 2 nitrogen and oxygen atoms in total. The highest BCUT2D eigenvalue weighted by molar-refractivity contribution is 5.89. The lowest BCUT2D eigenvalue weighted by Gasteiger charge is -2.22. The van der Waals surface area contributed by atoms with Crippen molar-refractivity contribution in [3.8, 4) is 12.3 Å². The monoisotopic (exact) mass is 139 g/mol. The summed E-state index contributed by atoms with van der Waals surface area (Å²) in [4.78, 5) is 11.0. The molecule has 2 heteroatoms. The van der Waals surface area contributed by atoms with Crippen molar-refractivity contribution in [1.29, 1.82) is 0 Å². The van der Waals surface area contributed by atoms with Crippen LogP contribution in [-0.2, 0) is 4.79 Å². The normalized spacial score (nSPS) is 15.4. The minimum atomic E-state index is -0.736. The average molecular weight is 139 g/mol. The summed E-state index contributed by atoms with van der Waals surface area (Å²) in [6.07, 6.45) is 5.83. The molecule has 0 aliphatic carbocycles. The van der Waals surface area contributed by atoms with Crippen molar-refractivity contribution < 1.29 is 4.79 Å². The molecule has 0 aliphatic heterocycles. The fraction of sp³-hybridized carbons (Fsp3) is 0.625. The SMILES string of the molecule is C#CC(CC)(NC)C(C)=O. The summed E-state index contributed by atoms with van der Waals surface area (Å²) in [6, 6.07) is 0. The molecule has 0 saturated heterocycles. The van der Waals surface area contributed by atoms with Crippen molar-refractivity contribution in [3.63, 3.8) is 0 Å². The molecule has 0 aliphatic rings. The van der Waals surface area contributed by atoms with Crippen LogP contribution in [0.4, 0.5) is 0 Å². The van der Waals surface area contributed by atoms with E-state index < -0.39 is 5.54 Å². The topological polar surface area (TPSA) is 29.1 Å². The van der Waals surface area contributed by atoms with Gasteiger partial charge in [-0.2, -0.15) is 0 Å². The van der Waals surface area contributed by atoms with Gasteiger partial charge in [-0.25, -0.2) is 0 Å². The number of likely N-dealkylation sites (N-methyl/N-ethyl adjacent to an activating group) is 1. The van der Waals surface area contributed by atoms with Crippen LogP contribution in [0.15, 0.2) is 0 Å². The van der Waals surface area contributed by atoms with Crippen LogP contribution in [0.25, 0.3) is 0 Å². The lowest BCUT2D eigenvalue weighted by atomic mass is 9.93. The van der Waals surface area contributed by atoms with Crippen LogP contribution in [0.1, 0.15) is 20.3 Å². The van der Waals surface area contributed by atoms with Gasteiger partial charge in [0.1, 0.15) is 5.54 Å². The Balaban J connectivity index is 4.52. The Morgan fingerprint density at radius 1 is 1.80 bits per heavy atom. The maximum absolute atomic E-state index is 11.0. The van der Waals surface area contributed by atoms with E-state index in [1.54, 1.807) is 7.05 Å². The number of carbonyl (C=O) groups excluding carboxylic acids is 1. The molecule has 0 aromatic carbocycles. The van der Waals surface area contributed by atoms with Gasteiger partial charge in [0.25, 0.3) is 0 Å². The molecule has 0 radical (unpaired) electrons. The molecule has 0 spiro atoms. The van der Waals surface area contributed by atoms with Gasteiger partial charge >= 0.3 is 0 Å². The highest BCUT2D eigenvalue weighted by Crippen LogP contribution is 2.08. The Morgan fingerprint density at radius 3 is 2.30 bits per heavy atom. The van der Waals surface area contributed by atoms with E-state index in [0.29, 0.717) is 6.42 Å². The summed E-state index contributed by atoms with van der Waals surface area (Å²) in [5, 5.41) is 2.83. The number of carbonyl (C=O) groups is 1. The molecule has 1 unspecified atom stereocenters. The van der Waals surface area contributed by atoms with Crippen molar-refractivity contribution in [2.75, 3.05) is 7.05 Å². The van der Waals surface area contributed by atoms with Gasteiger partial charge in [-0.1, -0.05) is 12.8 Å². The first-order valence-corrected chi connectivity index (χ1v) is 3.30. The fourth-order valence-corrected chi connectivity index (χ4v) is 0.878. The van der Waals surface area contributed by atoms with Crippen molar-refractivity contribution in [2.45, 2.75) is 25.8 Å². The minimum absolute atomic E-state index is 0.000000000000000222. The van der Waals surface area contributed by atoms with E-state index in [4.69, 9.17) is 6.42 Å². The largest absolute Gasteiger partial charge is 0.298 e. The van der Waals surface area contributed by atoms with E-state index in [1.807, 2.05) is 6.92 Å². The number of rotatable bonds is 3. The minimum Gasteiger partial charge on any atom is -0.298 e. The summed E-state index contributed by atoms with van der Waals surface area (Å²) in [5.41, 5.74) is -0.736. The van der Waals surface area contributed by atoms with Crippen molar-refractivity contribution in [2.24, 2.45) is 0 Å². The molecular weight excluding hydrogens is 126 g/mol. The number of nitrogens with one attached hydrogen (secondary N) is 1. The van der Waals surface area contributed by atoms with Gasteiger partial charge in [0.15, 0.2) is 5.78 Å². The summed E-state index contributed by atoms with van der Waals surface area (Å²) < 4.78 is 0. The fourth-order valence-electron chi connectivity index (χ4n) is 0.878. The molecule has 0 amide bonds. The van der Waals surface area contributed by atoms with Crippen LogP contribution >= 0.6 is 0 Å². The third kappa shape index (κ3) is 1.37. The third-order valence-electron chi connectivity index (χ3n) is 1.80. The van der Waals surface area contributed by atoms with E-state index in [9.17, 15) is 4.79 Å². The maximum Gasteiger partial charge on any atom is 0.162 e. The van der Waals surface area contributed by atoms with Crippen LogP contribution in [0.3, 0.4) is 0 Å². The Kier molecular flexibility index (Phi) is 3.11. The summed E-state index contributed by atoms with van der Waals surface area (Å²) in [6.45, 7) is 3.39. The lowest BCUT2D eigenvalue weighted by Crippen LogP contribution is -2.47. The standard InChI is InChI=1S/C8H13NO/c1-5-8(6-2,9-4)7(3)10/h1,9H,6H2,2-4H3. The van der Waals surface area contributed by atoms with Gasteiger partial charge < -0.3 is 0 Å². The van der Waals surface area contributed by atoms with E-state index in [2.05, 4.69) is 11.2 Å². The Hall–Kier alpha value is -0.810. The molecule has 0 bridgehead atoms. The van der Waals surface area contributed by atoms with Gasteiger partial charge in [-0.3, -0.25) is 10.1 Å². The predicted octanol–water partition coefficient (Wildman–Crippen LogP) is 0.577. The third-order valence-corrected chi connectivity index (χ3v) is 1.80. The Bertz CT molecular complexity index is 163. The van der Waals surface area contributed by atoms with Crippen LogP contribution in [0, 0.1) is 12.3 Å². The molecular formula is C8H13NO. The molecule has 0 heterocycles. The summed E-state index contributed by atoms with van der Waals surface area (Å²) >= 11 is 0. The average Bonchev–Trinajstić information content (AvgIpc) is 1.92. The van der Waals surface area contributed by atoms with Crippen molar-refractivity contribution in [1.82, 2.24) is 5.32 Å². The zero-order valence-corrected chi connectivity index (χ0v) is 6.69. The predicted molar refractivity (Wildman–Crippen MR) is 41.6 cm³/mol. The van der Waals surface area contributed by atoms with Crippen LogP contribution in [-0.4, -0.2) is 18.4 Å². The zero-order chi connectivity index (χ0) is 8.20. The van der Waals surface area contributed by atoms with Crippen molar-refractivity contribution >= 4 is 5.78 Å². The van der Waals surface area contributed by atoms with Crippen LogP contribution in [0.5, 0.6) is 0 Å². The molecule has 0 saturated carbocycles. The number of ketones is 1. The highest BCUT2D eigenvalue weighted by atomic mass is 16.1. The van der Waals surface area contributed by atoms with Gasteiger partial charge in [-0.05, 0) is 20.4 Å². The molecule has 1 atom stereocenters. The van der Waals surface area contributed by atoms with Gasteiger partial charge in [0.05, 0.1) is 0 Å².